The molecular formula is C17H24N2O3. The van der Waals surface area contributed by atoms with Gasteiger partial charge in [0, 0.05) is 26.2 Å². The number of rotatable bonds is 4. The van der Waals surface area contributed by atoms with Crippen molar-refractivity contribution >= 4 is 5.91 Å². The molecule has 0 N–H and O–H groups in total. The van der Waals surface area contributed by atoms with Crippen molar-refractivity contribution in [2.24, 2.45) is 5.41 Å². The molecule has 2 saturated heterocycles. The molecular weight excluding hydrogens is 280 g/mol. The van der Waals surface area contributed by atoms with Gasteiger partial charge in [-0.25, -0.2) is 0 Å². The topological polar surface area (TPSA) is 51.7 Å². The second kappa shape index (κ2) is 6.75. The Morgan fingerprint density at radius 2 is 2.27 bits per heavy atom. The summed E-state index contributed by atoms with van der Waals surface area (Å²) in [4.78, 5) is 17.6. The normalized spacial score (nSPS) is 23.9. The van der Waals surface area contributed by atoms with E-state index in [0.29, 0.717) is 13.2 Å². The molecule has 1 unspecified atom stereocenters. The SMILES string of the molecule is CC(=O)N1CCC2(CC1)COC(COCc1ccccn1)C2. The lowest BCUT2D eigenvalue weighted by Crippen LogP contribution is -2.42. The average Bonchev–Trinajstić information content (AvgIpc) is 2.92. The number of nitrogens with zero attached hydrogens (tertiary/aromatic N) is 2. The summed E-state index contributed by atoms with van der Waals surface area (Å²) in [7, 11) is 0. The first-order valence-corrected chi connectivity index (χ1v) is 8.02. The number of hydrogen-bond donors (Lipinski definition) is 0. The maximum absolute atomic E-state index is 11.4. The first-order valence-electron chi connectivity index (χ1n) is 8.02. The predicted molar refractivity (Wildman–Crippen MR) is 82.2 cm³/mol. The Morgan fingerprint density at radius 1 is 1.45 bits per heavy atom. The van der Waals surface area contributed by atoms with Crippen LogP contribution in [0.5, 0.6) is 0 Å². The first-order chi connectivity index (χ1) is 10.7. The third-order valence-electron chi connectivity index (χ3n) is 4.84. The smallest absolute Gasteiger partial charge is 0.219 e. The van der Waals surface area contributed by atoms with Crippen molar-refractivity contribution < 1.29 is 14.3 Å². The summed E-state index contributed by atoms with van der Waals surface area (Å²) in [6.07, 6.45) is 5.09. The Morgan fingerprint density at radius 3 is 2.95 bits per heavy atom. The van der Waals surface area contributed by atoms with E-state index in [4.69, 9.17) is 9.47 Å². The number of aromatic nitrogens is 1. The fourth-order valence-corrected chi connectivity index (χ4v) is 3.43. The van der Waals surface area contributed by atoms with Crippen LogP contribution in [0.3, 0.4) is 0 Å². The van der Waals surface area contributed by atoms with Gasteiger partial charge in [-0.2, -0.15) is 0 Å². The predicted octanol–water partition coefficient (Wildman–Crippen LogP) is 2.02. The van der Waals surface area contributed by atoms with Crippen LogP contribution in [0, 0.1) is 5.41 Å². The largest absolute Gasteiger partial charge is 0.375 e. The maximum atomic E-state index is 11.4. The lowest BCUT2D eigenvalue weighted by atomic mass is 9.76. The zero-order valence-electron chi connectivity index (χ0n) is 13.2. The average molecular weight is 304 g/mol. The number of likely N-dealkylation sites (tertiary alicyclic amines) is 1. The molecule has 1 atom stereocenters. The fourth-order valence-electron chi connectivity index (χ4n) is 3.43. The Hall–Kier alpha value is -1.46. The molecule has 1 aromatic rings. The quantitative estimate of drug-likeness (QED) is 0.854. The molecule has 5 nitrogen and oxygen atoms in total. The van der Waals surface area contributed by atoms with Crippen molar-refractivity contribution in [2.75, 3.05) is 26.3 Å². The molecule has 5 heteroatoms. The van der Waals surface area contributed by atoms with Crippen LogP contribution in [-0.4, -0.2) is 48.2 Å². The van der Waals surface area contributed by atoms with E-state index in [1.165, 1.54) is 0 Å². The molecule has 0 aliphatic carbocycles. The fraction of sp³-hybridized carbons (Fsp3) is 0.647. The number of pyridine rings is 1. The van der Waals surface area contributed by atoms with E-state index in [9.17, 15) is 4.79 Å². The summed E-state index contributed by atoms with van der Waals surface area (Å²) in [5, 5.41) is 0. The van der Waals surface area contributed by atoms with Crippen molar-refractivity contribution in [2.45, 2.75) is 38.9 Å². The molecule has 1 spiro atoms. The highest BCUT2D eigenvalue weighted by Crippen LogP contribution is 2.42. The zero-order valence-corrected chi connectivity index (χ0v) is 13.2. The highest BCUT2D eigenvalue weighted by molar-refractivity contribution is 5.73. The Bertz CT molecular complexity index is 498. The Labute approximate surface area is 131 Å². The van der Waals surface area contributed by atoms with E-state index in [0.717, 1.165) is 44.7 Å². The van der Waals surface area contributed by atoms with Crippen LogP contribution in [0.2, 0.25) is 0 Å². The highest BCUT2D eigenvalue weighted by Gasteiger charge is 2.42. The summed E-state index contributed by atoms with van der Waals surface area (Å²) < 4.78 is 11.7. The van der Waals surface area contributed by atoms with E-state index < -0.39 is 0 Å². The summed E-state index contributed by atoms with van der Waals surface area (Å²) in [5.41, 5.74) is 1.20. The molecule has 1 aromatic heterocycles. The van der Waals surface area contributed by atoms with E-state index in [1.54, 1.807) is 13.1 Å². The number of amides is 1. The van der Waals surface area contributed by atoms with Gasteiger partial charge in [-0.15, -0.1) is 0 Å². The van der Waals surface area contributed by atoms with Crippen LogP contribution >= 0.6 is 0 Å². The number of carbonyl (C=O) groups is 1. The van der Waals surface area contributed by atoms with Gasteiger partial charge in [0.15, 0.2) is 0 Å². The van der Waals surface area contributed by atoms with Gasteiger partial charge in [0.1, 0.15) is 0 Å². The standard InChI is InChI=1S/C17H24N2O3/c1-14(20)19-8-5-17(6-9-19)10-16(22-13-17)12-21-11-15-4-2-3-7-18-15/h2-4,7,16H,5-6,8-13H2,1H3. The molecule has 0 aromatic carbocycles. The van der Waals surface area contributed by atoms with Crippen molar-refractivity contribution in [3.63, 3.8) is 0 Å². The third kappa shape index (κ3) is 3.65. The second-order valence-electron chi connectivity index (χ2n) is 6.48. The lowest BCUT2D eigenvalue weighted by Gasteiger charge is -2.38. The van der Waals surface area contributed by atoms with Crippen molar-refractivity contribution in [3.8, 4) is 0 Å². The molecule has 0 radical (unpaired) electrons. The van der Waals surface area contributed by atoms with Gasteiger partial charge < -0.3 is 14.4 Å². The van der Waals surface area contributed by atoms with Gasteiger partial charge in [0.25, 0.3) is 0 Å². The third-order valence-corrected chi connectivity index (χ3v) is 4.84. The van der Waals surface area contributed by atoms with Crippen LogP contribution in [0.4, 0.5) is 0 Å². The molecule has 0 bridgehead atoms. The summed E-state index contributed by atoms with van der Waals surface area (Å²) in [6.45, 7) is 5.33. The van der Waals surface area contributed by atoms with Crippen LogP contribution in [-0.2, 0) is 20.9 Å². The minimum atomic E-state index is 0.174. The first kappa shape index (κ1) is 15.4. The number of ether oxygens (including phenoxy) is 2. The Kier molecular flexibility index (Phi) is 4.74. The van der Waals surface area contributed by atoms with Crippen molar-refractivity contribution in [1.29, 1.82) is 0 Å². The van der Waals surface area contributed by atoms with Gasteiger partial charge in [-0.1, -0.05) is 6.07 Å². The molecule has 2 aliphatic rings. The summed E-state index contributed by atoms with van der Waals surface area (Å²) in [5.74, 6) is 0.184. The lowest BCUT2D eigenvalue weighted by molar-refractivity contribution is -0.131. The number of piperidine rings is 1. The molecule has 3 heterocycles. The maximum Gasteiger partial charge on any atom is 0.219 e. The van der Waals surface area contributed by atoms with Crippen LogP contribution in [0.15, 0.2) is 24.4 Å². The van der Waals surface area contributed by atoms with E-state index in [1.807, 2.05) is 23.1 Å². The number of hydrogen-bond acceptors (Lipinski definition) is 4. The minimum Gasteiger partial charge on any atom is -0.375 e. The monoisotopic (exact) mass is 304 g/mol. The minimum absolute atomic E-state index is 0.174. The molecule has 3 rings (SSSR count). The second-order valence-corrected chi connectivity index (χ2v) is 6.48. The number of carbonyl (C=O) groups excluding carboxylic acids is 1. The van der Waals surface area contributed by atoms with Crippen molar-refractivity contribution in [3.05, 3.63) is 30.1 Å². The highest BCUT2D eigenvalue weighted by atomic mass is 16.5. The van der Waals surface area contributed by atoms with Crippen LogP contribution in [0.25, 0.3) is 0 Å². The molecule has 22 heavy (non-hydrogen) atoms. The van der Waals surface area contributed by atoms with Gasteiger partial charge in [-0.05, 0) is 36.8 Å². The zero-order chi connectivity index (χ0) is 15.4. The van der Waals surface area contributed by atoms with Crippen molar-refractivity contribution in [1.82, 2.24) is 9.88 Å². The van der Waals surface area contributed by atoms with Gasteiger partial charge >= 0.3 is 0 Å². The van der Waals surface area contributed by atoms with Gasteiger partial charge in [0.2, 0.25) is 5.91 Å². The Balaban J connectivity index is 1.42. The van der Waals surface area contributed by atoms with E-state index >= 15 is 0 Å². The van der Waals surface area contributed by atoms with Gasteiger partial charge in [-0.3, -0.25) is 9.78 Å². The van der Waals surface area contributed by atoms with Crippen LogP contribution in [0.1, 0.15) is 31.9 Å². The summed E-state index contributed by atoms with van der Waals surface area (Å²) in [6, 6.07) is 5.84. The molecule has 2 fully saturated rings. The molecule has 0 saturated carbocycles. The van der Waals surface area contributed by atoms with E-state index in [-0.39, 0.29) is 17.4 Å². The summed E-state index contributed by atoms with van der Waals surface area (Å²) >= 11 is 0. The molecule has 120 valence electrons. The van der Waals surface area contributed by atoms with Crippen LogP contribution < -0.4 is 0 Å². The molecule has 2 aliphatic heterocycles. The molecule has 1 amide bonds. The van der Waals surface area contributed by atoms with Gasteiger partial charge in [0.05, 0.1) is 31.6 Å². The van der Waals surface area contributed by atoms with E-state index in [2.05, 4.69) is 4.98 Å².